The molecule has 7 nitrogen and oxygen atoms in total. The Bertz CT molecular complexity index is 1420. The van der Waals surface area contributed by atoms with Crippen LogP contribution in [-0.4, -0.2) is 27.0 Å². The molecule has 0 atom stereocenters. The average molecular weight is 448 g/mol. The van der Waals surface area contributed by atoms with Crippen LogP contribution in [0.5, 0.6) is 0 Å². The lowest BCUT2D eigenvalue weighted by Gasteiger charge is -2.06. The third-order valence-electron chi connectivity index (χ3n) is 4.74. The summed E-state index contributed by atoms with van der Waals surface area (Å²) in [5.74, 6) is -0.106. The highest BCUT2D eigenvalue weighted by Crippen LogP contribution is 2.23. The first kappa shape index (κ1) is 19.4. The summed E-state index contributed by atoms with van der Waals surface area (Å²) < 4.78 is 1.31. The van der Waals surface area contributed by atoms with Gasteiger partial charge in [-0.25, -0.2) is 4.98 Å². The van der Waals surface area contributed by atoms with Crippen molar-refractivity contribution in [2.75, 3.05) is 11.9 Å². The Hall–Kier alpha value is -3.56. The van der Waals surface area contributed by atoms with Gasteiger partial charge < -0.3 is 10.6 Å². The van der Waals surface area contributed by atoms with Gasteiger partial charge >= 0.3 is 0 Å². The molecule has 1 amide bonds. The molecule has 0 radical (unpaired) electrons. The summed E-state index contributed by atoms with van der Waals surface area (Å²) >= 11 is 2.98. The highest BCUT2D eigenvalue weighted by Gasteiger charge is 2.11. The van der Waals surface area contributed by atoms with Crippen molar-refractivity contribution in [3.05, 3.63) is 86.8 Å². The molecule has 154 valence electrons. The van der Waals surface area contributed by atoms with Crippen LogP contribution in [0.3, 0.4) is 0 Å². The molecule has 2 N–H and O–H groups in total. The quantitative estimate of drug-likeness (QED) is 0.409. The second-order valence-corrected chi connectivity index (χ2v) is 8.81. The number of anilines is 2. The normalized spacial score (nSPS) is 11.1. The van der Waals surface area contributed by atoms with E-state index in [1.54, 1.807) is 29.5 Å². The van der Waals surface area contributed by atoms with Gasteiger partial charge in [-0.15, -0.1) is 16.4 Å². The Morgan fingerprint density at radius 1 is 1.03 bits per heavy atom. The zero-order valence-corrected chi connectivity index (χ0v) is 17.9. The van der Waals surface area contributed by atoms with E-state index in [-0.39, 0.29) is 11.5 Å². The van der Waals surface area contributed by atoms with E-state index in [1.807, 2.05) is 41.8 Å². The fourth-order valence-electron chi connectivity index (χ4n) is 3.19. The largest absolute Gasteiger partial charge is 0.352 e. The average Bonchev–Trinajstić information content (AvgIpc) is 3.44. The van der Waals surface area contributed by atoms with Crippen LogP contribution in [0.15, 0.2) is 70.8 Å². The summed E-state index contributed by atoms with van der Waals surface area (Å²) in [5.41, 5.74) is 1.81. The van der Waals surface area contributed by atoms with Crippen LogP contribution in [0.1, 0.15) is 15.2 Å². The number of carbonyl (C=O) groups is 1. The number of fused-ring (bicyclic) bond motifs is 2. The molecule has 2 aromatic carbocycles. The van der Waals surface area contributed by atoms with E-state index < -0.39 is 0 Å². The summed E-state index contributed by atoms with van der Waals surface area (Å²) in [7, 11) is 0. The molecule has 0 saturated carbocycles. The van der Waals surface area contributed by atoms with Crippen molar-refractivity contribution in [3.63, 3.8) is 0 Å². The van der Waals surface area contributed by atoms with Crippen molar-refractivity contribution < 1.29 is 4.79 Å². The van der Waals surface area contributed by atoms with Crippen molar-refractivity contribution in [2.45, 2.75) is 6.42 Å². The van der Waals surface area contributed by atoms with Gasteiger partial charge in [0.2, 0.25) is 10.1 Å². The van der Waals surface area contributed by atoms with Crippen molar-refractivity contribution >= 4 is 55.3 Å². The zero-order chi connectivity index (χ0) is 21.2. The molecule has 0 aliphatic rings. The fraction of sp³-hybridized carbons (Fsp3) is 0.0909. The SMILES string of the molecule is O=C(NCCc1cccs1)c1ccc(Nc2nn3c(=O)c4ccccc4nc3s2)cc1. The van der Waals surface area contributed by atoms with Gasteiger partial charge in [0, 0.05) is 22.7 Å². The minimum absolute atomic E-state index is 0.106. The van der Waals surface area contributed by atoms with Gasteiger partial charge in [0.1, 0.15) is 0 Å². The number of nitrogens with one attached hydrogen (secondary N) is 2. The molecule has 0 aliphatic heterocycles. The van der Waals surface area contributed by atoms with Gasteiger partial charge in [-0.2, -0.15) is 4.52 Å². The number of rotatable bonds is 6. The van der Waals surface area contributed by atoms with Crippen molar-refractivity contribution in [2.24, 2.45) is 0 Å². The van der Waals surface area contributed by atoms with E-state index in [4.69, 9.17) is 0 Å². The van der Waals surface area contributed by atoms with Crippen LogP contribution in [0.2, 0.25) is 0 Å². The van der Waals surface area contributed by atoms with E-state index in [1.165, 1.54) is 20.7 Å². The molecule has 0 saturated heterocycles. The molecule has 3 heterocycles. The number of amides is 1. The maximum atomic E-state index is 12.6. The lowest BCUT2D eigenvalue weighted by molar-refractivity contribution is 0.0954. The second-order valence-electron chi connectivity index (χ2n) is 6.82. The molecule has 0 bridgehead atoms. The molecule has 31 heavy (non-hydrogen) atoms. The molecule has 0 fully saturated rings. The highest BCUT2D eigenvalue weighted by molar-refractivity contribution is 7.20. The molecule has 0 spiro atoms. The van der Waals surface area contributed by atoms with E-state index in [0.29, 0.717) is 33.1 Å². The fourth-order valence-corrected chi connectivity index (χ4v) is 4.72. The first-order chi connectivity index (χ1) is 15.2. The molecule has 0 aliphatic carbocycles. The van der Waals surface area contributed by atoms with Crippen molar-refractivity contribution in [3.8, 4) is 0 Å². The Balaban J connectivity index is 1.28. The van der Waals surface area contributed by atoms with Gasteiger partial charge in [-0.1, -0.05) is 29.5 Å². The van der Waals surface area contributed by atoms with Crippen LogP contribution in [0, 0.1) is 0 Å². The third kappa shape index (κ3) is 4.05. The maximum Gasteiger partial charge on any atom is 0.283 e. The van der Waals surface area contributed by atoms with E-state index in [0.717, 1.165) is 12.1 Å². The van der Waals surface area contributed by atoms with Crippen LogP contribution < -0.4 is 16.2 Å². The van der Waals surface area contributed by atoms with Crippen LogP contribution in [0.4, 0.5) is 10.8 Å². The molecule has 9 heteroatoms. The van der Waals surface area contributed by atoms with Gasteiger partial charge in [-0.3, -0.25) is 9.59 Å². The number of carbonyl (C=O) groups excluding carboxylic acids is 1. The van der Waals surface area contributed by atoms with E-state index in [2.05, 4.69) is 26.8 Å². The molecule has 3 aromatic heterocycles. The number of hydrogen-bond donors (Lipinski definition) is 2. The molecule has 5 rings (SSSR count). The van der Waals surface area contributed by atoms with Gasteiger partial charge in [0.25, 0.3) is 11.5 Å². The highest BCUT2D eigenvalue weighted by atomic mass is 32.1. The first-order valence-corrected chi connectivity index (χ1v) is 11.3. The summed E-state index contributed by atoms with van der Waals surface area (Å²) in [6.07, 6.45) is 0.822. The number of nitrogens with zero attached hydrogens (tertiary/aromatic N) is 3. The Labute approximate surface area is 185 Å². The summed E-state index contributed by atoms with van der Waals surface area (Å²) in [5, 5.41) is 13.6. The standard InChI is InChI=1S/C22H17N5O2S2/c28-19(23-12-11-16-4-3-13-30-16)14-7-9-15(10-8-14)24-21-26-27-20(29)17-5-1-2-6-18(17)25-22(27)31-21/h1-10,13H,11-12H2,(H,23,28)(H,24,26). The number of para-hydroxylation sites is 1. The predicted molar refractivity (Wildman–Crippen MR) is 125 cm³/mol. The van der Waals surface area contributed by atoms with E-state index >= 15 is 0 Å². The third-order valence-corrected chi connectivity index (χ3v) is 6.50. The van der Waals surface area contributed by atoms with Gasteiger partial charge in [-0.05, 0) is 54.3 Å². The number of hydrogen-bond acceptors (Lipinski definition) is 7. The molecular weight excluding hydrogens is 430 g/mol. The van der Waals surface area contributed by atoms with Crippen LogP contribution in [-0.2, 0) is 6.42 Å². The zero-order valence-electron chi connectivity index (χ0n) is 16.2. The topological polar surface area (TPSA) is 88.4 Å². The predicted octanol–water partition coefficient (Wildman–Crippen LogP) is 4.08. The monoisotopic (exact) mass is 447 g/mol. The first-order valence-electron chi connectivity index (χ1n) is 9.64. The number of benzene rings is 2. The van der Waals surface area contributed by atoms with Crippen molar-refractivity contribution in [1.29, 1.82) is 0 Å². The van der Waals surface area contributed by atoms with Gasteiger partial charge in [0.05, 0.1) is 10.9 Å². The summed E-state index contributed by atoms with van der Waals surface area (Å²) in [6.45, 7) is 0.598. The lowest BCUT2D eigenvalue weighted by Crippen LogP contribution is -2.25. The summed E-state index contributed by atoms with van der Waals surface area (Å²) in [6, 6.07) is 18.4. The Kier molecular flexibility index (Phi) is 5.19. The number of thiophene rings is 1. The molecular formula is C22H17N5O2S2. The number of aromatic nitrogens is 3. The van der Waals surface area contributed by atoms with Crippen LogP contribution in [0.25, 0.3) is 15.9 Å². The maximum absolute atomic E-state index is 12.6. The minimum atomic E-state index is -0.195. The molecule has 5 aromatic rings. The minimum Gasteiger partial charge on any atom is -0.352 e. The Morgan fingerprint density at radius 3 is 2.68 bits per heavy atom. The Morgan fingerprint density at radius 2 is 1.87 bits per heavy atom. The smallest absolute Gasteiger partial charge is 0.283 e. The van der Waals surface area contributed by atoms with E-state index in [9.17, 15) is 9.59 Å². The van der Waals surface area contributed by atoms with Crippen molar-refractivity contribution in [1.82, 2.24) is 19.9 Å². The van der Waals surface area contributed by atoms with Crippen LogP contribution >= 0.6 is 22.7 Å². The summed E-state index contributed by atoms with van der Waals surface area (Å²) in [4.78, 5) is 31.2. The lowest BCUT2D eigenvalue weighted by atomic mass is 10.2. The molecule has 0 unspecified atom stereocenters. The second kappa shape index (κ2) is 8.29. The van der Waals surface area contributed by atoms with Gasteiger partial charge in [0.15, 0.2) is 0 Å².